The Morgan fingerprint density at radius 3 is 2.52 bits per heavy atom. The van der Waals surface area contributed by atoms with Gasteiger partial charge in [-0.2, -0.15) is 4.31 Å². The summed E-state index contributed by atoms with van der Waals surface area (Å²) >= 11 is 1.15. The highest BCUT2D eigenvalue weighted by Gasteiger charge is 2.43. The average Bonchev–Trinajstić information content (AvgIpc) is 3.52. The van der Waals surface area contributed by atoms with Gasteiger partial charge < -0.3 is 9.64 Å². The van der Waals surface area contributed by atoms with E-state index in [1.165, 1.54) is 11.4 Å². The summed E-state index contributed by atoms with van der Waals surface area (Å²) in [5, 5.41) is 0. The van der Waals surface area contributed by atoms with Crippen LogP contribution in [-0.2, 0) is 32.5 Å². The zero-order chi connectivity index (χ0) is 21.8. The van der Waals surface area contributed by atoms with Gasteiger partial charge in [-0.15, -0.1) is 11.3 Å². The molecule has 0 N–H and O–H groups in total. The highest BCUT2D eigenvalue weighted by molar-refractivity contribution is 7.91. The summed E-state index contributed by atoms with van der Waals surface area (Å²) in [4.78, 5) is 28.5. The molecule has 1 amide bonds. The first kappa shape index (κ1) is 21.2. The van der Waals surface area contributed by atoms with Crippen LogP contribution < -0.4 is 0 Å². The lowest BCUT2D eigenvalue weighted by Gasteiger charge is -2.31. The van der Waals surface area contributed by atoms with E-state index in [1.807, 2.05) is 4.90 Å². The number of methoxy groups -OCH3 is 1. The van der Waals surface area contributed by atoms with Crippen molar-refractivity contribution < 1.29 is 22.7 Å². The number of esters is 1. The standard InChI is InChI=1S/C22H28N2O5S2/c1-29-21(26)19-16-7-10-23(20(25)17-12-14-5-6-15(17)11-14)13-18(16)30-22(19)31(27,28)24-8-3-2-4-9-24/h5-6,14-15,17H,2-4,7-13H2,1H3/t14-,15+,17+/m0/s1. The number of ether oxygens (including phenoxy) is 1. The molecule has 2 aliphatic heterocycles. The second-order valence-corrected chi connectivity index (χ2v) is 12.3. The monoisotopic (exact) mass is 464 g/mol. The van der Waals surface area contributed by atoms with Crippen molar-refractivity contribution in [2.45, 2.75) is 49.3 Å². The number of fused-ring (bicyclic) bond motifs is 3. The highest BCUT2D eigenvalue weighted by atomic mass is 32.2. The summed E-state index contributed by atoms with van der Waals surface area (Å²) in [7, 11) is -2.48. The summed E-state index contributed by atoms with van der Waals surface area (Å²) in [6.45, 7) is 1.84. The fraction of sp³-hybridized carbons (Fsp3) is 0.636. The Labute approximate surface area is 187 Å². The van der Waals surface area contributed by atoms with Gasteiger partial charge in [0.1, 0.15) is 4.21 Å². The van der Waals surface area contributed by atoms with E-state index >= 15 is 0 Å². The van der Waals surface area contributed by atoms with E-state index in [0.29, 0.717) is 44.4 Å². The number of hydrogen-bond acceptors (Lipinski definition) is 6. The summed E-state index contributed by atoms with van der Waals surface area (Å²) in [6.07, 6.45) is 9.55. The Morgan fingerprint density at radius 1 is 1.10 bits per heavy atom. The SMILES string of the molecule is COC(=O)c1c(S(=O)(=O)N2CCCCC2)sc2c1CCN(C(=O)[C@@H]1C[C@H]3C=C[C@@H]1C3)C2. The first-order valence-electron chi connectivity index (χ1n) is 11.1. The molecule has 2 fully saturated rings. The van der Waals surface area contributed by atoms with Crippen LogP contribution in [0.2, 0.25) is 0 Å². The van der Waals surface area contributed by atoms with Crippen LogP contribution >= 0.6 is 11.3 Å². The normalized spacial score (nSPS) is 28.0. The summed E-state index contributed by atoms with van der Waals surface area (Å²) in [6, 6.07) is 0. The molecule has 2 bridgehead atoms. The molecule has 0 unspecified atom stereocenters. The first-order chi connectivity index (χ1) is 14.9. The van der Waals surface area contributed by atoms with Gasteiger partial charge in [-0.25, -0.2) is 13.2 Å². The van der Waals surface area contributed by atoms with Gasteiger partial charge in [-0.05, 0) is 49.5 Å². The summed E-state index contributed by atoms with van der Waals surface area (Å²) in [5.41, 5.74) is 0.923. The smallest absolute Gasteiger partial charge is 0.340 e. The number of thiophene rings is 1. The fourth-order valence-corrected chi connectivity index (χ4v) is 9.14. The van der Waals surface area contributed by atoms with Crippen LogP contribution in [0, 0.1) is 17.8 Å². The van der Waals surface area contributed by atoms with E-state index in [0.717, 1.165) is 53.9 Å². The van der Waals surface area contributed by atoms with Crippen molar-refractivity contribution in [3.63, 3.8) is 0 Å². The zero-order valence-electron chi connectivity index (χ0n) is 17.7. The molecule has 3 heterocycles. The minimum Gasteiger partial charge on any atom is -0.465 e. The number of rotatable bonds is 4. The largest absolute Gasteiger partial charge is 0.465 e. The second kappa shape index (κ2) is 8.01. The number of hydrogen-bond donors (Lipinski definition) is 0. The lowest BCUT2D eigenvalue weighted by molar-refractivity contribution is -0.137. The van der Waals surface area contributed by atoms with Gasteiger partial charge in [0.05, 0.1) is 19.2 Å². The third-order valence-corrected chi connectivity index (χ3v) is 10.8. The molecule has 5 rings (SSSR count). The first-order valence-corrected chi connectivity index (χ1v) is 13.4. The molecular weight excluding hydrogens is 436 g/mol. The number of carbonyl (C=O) groups excluding carboxylic acids is 2. The van der Waals surface area contributed by atoms with Crippen molar-refractivity contribution in [1.29, 1.82) is 0 Å². The van der Waals surface area contributed by atoms with Crippen LogP contribution in [-0.4, -0.2) is 56.2 Å². The molecular formula is C22H28N2O5S2. The quantitative estimate of drug-likeness (QED) is 0.505. The maximum absolute atomic E-state index is 13.4. The lowest BCUT2D eigenvalue weighted by atomic mass is 9.91. The maximum Gasteiger partial charge on any atom is 0.340 e. The molecule has 0 aromatic carbocycles. The van der Waals surface area contributed by atoms with Gasteiger partial charge in [0.15, 0.2) is 0 Å². The molecule has 1 aromatic heterocycles. The lowest BCUT2D eigenvalue weighted by Crippen LogP contribution is -2.40. The van der Waals surface area contributed by atoms with Crippen LogP contribution in [0.3, 0.4) is 0 Å². The number of allylic oxidation sites excluding steroid dienone is 2. The van der Waals surface area contributed by atoms with E-state index in [1.54, 1.807) is 0 Å². The van der Waals surface area contributed by atoms with Crippen molar-refractivity contribution in [2.24, 2.45) is 17.8 Å². The van der Waals surface area contributed by atoms with Crippen molar-refractivity contribution >= 4 is 33.2 Å². The Balaban J connectivity index is 1.45. The maximum atomic E-state index is 13.4. The van der Waals surface area contributed by atoms with Gasteiger partial charge >= 0.3 is 5.97 Å². The number of piperidine rings is 1. The number of nitrogens with zero attached hydrogens (tertiary/aromatic N) is 2. The molecule has 2 aliphatic carbocycles. The van der Waals surface area contributed by atoms with E-state index in [2.05, 4.69) is 12.2 Å². The molecule has 168 valence electrons. The van der Waals surface area contributed by atoms with Gasteiger partial charge in [-0.1, -0.05) is 18.6 Å². The predicted octanol–water partition coefficient (Wildman–Crippen LogP) is 2.81. The molecule has 31 heavy (non-hydrogen) atoms. The fourth-order valence-electron chi connectivity index (χ4n) is 5.58. The predicted molar refractivity (Wildman–Crippen MR) is 116 cm³/mol. The topological polar surface area (TPSA) is 84.0 Å². The van der Waals surface area contributed by atoms with Crippen LogP contribution in [0.25, 0.3) is 0 Å². The summed E-state index contributed by atoms with van der Waals surface area (Å²) < 4.78 is 33.3. The molecule has 1 saturated carbocycles. The molecule has 0 radical (unpaired) electrons. The average molecular weight is 465 g/mol. The zero-order valence-corrected chi connectivity index (χ0v) is 19.3. The van der Waals surface area contributed by atoms with Crippen LogP contribution in [0.4, 0.5) is 0 Å². The van der Waals surface area contributed by atoms with Crippen LogP contribution in [0.15, 0.2) is 16.4 Å². The minimum atomic E-state index is -3.76. The molecule has 3 atom stereocenters. The Hall–Kier alpha value is -1.71. The van der Waals surface area contributed by atoms with E-state index in [-0.39, 0.29) is 21.6 Å². The molecule has 7 nitrogen and oxygen atoms in total. The minimum absolute atomic E-state index is 0.0353. The van der Waals surface area contributed by atoms with Gasteiger partial charge in [-0.3, -0.25) is 4.79 Å². The van der Waals surface area contributed by atoms with Crippen molar-refractivity contribution in [3.8, 4) is 0 Å². The van der Waals surface area contributed by atoms with Crippen molar-refractivity contribution in [3.05, 3.63) is 28.2 Å². The van der Waals surface area contributed by atoms with E-state index in [9.17, 15) is 18.0 Å². The molecule has 4 aliphatic rings. The molecule has 9 heteroatoms. The Kier molecular flexibility index (Phi) is 5.46. The number of amides is 1. The Bertz CT molecular complexity index is 1040. The van der Waals surface area contributed by atoms with Crippen molar-refractivity contribution in [2.75, 3.05) is 26.7 Å². The molecule has 1 saturated heterocycles. The van der Waals surface area contributed by atoms with E-state index in [4.69, 9.17) is 4.74 Å². The molecule has 1 aromatic rings. The third-order valence-electron chi connectivity index (χ3n) is 7.21. The van der Waals surface area contributed by atoms with Gasteiger partial charge in [0.2, 0.25) is 5.91 Å². The number of carbonyl (C=O) groups is 2. The second-order valence-electron chi connectivity index (χ2n) is 9.02. The highest BCUT2D eigenvalue weighted by Crippen LogP contribution is 2.45. The van der Waals surface area contributed by atoms with E-state index < -0.39 is 16.0 Å². The summed E-state index contributed by atoms with van der Waals surface area (Å²) in [5.74, 6) is 0.450. The third kappa shape index (κ3) is 3.54. The molecule has 0 spiro atoms. The van der Waals surface area contributed by atoms with Crippen LogP contribution in [0.1, 0.15) is 52.9 Å². The van der Waals surface area contributed by atoms with Crippen LogP contribution in [0.5, 0.6) is 0 Å². The number of sulfonamides is 1. The van der Waals surface area contributed by atoms with Gasteiger partial charge in [0.25, 0.3) is 10.0 Å². The van der Waals surface area contributed by atoms with Gasteiger partial charge in [0, 0.05) is 30.4 Å². The van der Waals surface area contributed by atoms with Crippen molar-refractivity contribution in [1.82, 2.24) is 9.21 Å². The Morgan fingerprint density at radius 2 is 1.87 bits per heavy atom.